The topological polar surface area (TPSA) is 143 Å². The van der Waals surface area contributed by atoms with Gasteiger partial charge in [-0.2, -0.15) is 12.7 Å². The number of benzene rings is 2. The van der Waals surface area contributed by atoms with Crippen LogP contribution in [0.25, 0.3) is 0 Å². The summed E-state index contributed by atoms with van der Waals surface area (Å²) in [5.41, 5.74) is 0.172. The minimum Gasteiger partial charge on any atom is -0.492 e. The first-order valence-corrected chi connectivity index (χ1v) is 15.3. The summed E-state index contributed by atoms with van der Waals surface area (Å²) < 4.78 is 86.0. The van der Waals surface area contributed by atoms with Crippen LogP contribution in [0.2, 0.25) is 0 Å². The van der Waals surface area contributed by atoms with E-state index in [1.165, 1.54) is 6.07 Å². The third-order valence-electron chi connectivity index (χ3n) is 7.19. The van der Waals surface area contributed by atoms with E-state index in [4.69, 9.17) is 18.4 Å². The lowest BCUT2D eigenvalue weighted by atomic mass is 10.00. The molecular weight excluding hydrogens is 557 g/mol. The number of amides is 1. The molecule has 2 aliphatic carbocycles. The molecule has 0 aromatic heterocycles. The second-order valence-corrected chi connectivity index (χ2v) is 13.2. The Hall–Kier alpha value is -3.23. The van der Waals surface area contributed by atoms with E-state index in [9.17, 15) is 30.8 Å². The molecule has 2 saturated carbocycles. The molecule has 210 valence electrons. The third kappa shape index (κ3) is 5.08. The van der Waals surface area contributed by atoms with Crippen molar-refractivity contribution in [2.45, 2.75) is 29.6 Å². The number of ether oxygens (including phenoxy) is 3. The molecular formula is C25H26FNO10S2. The molecule has 0 spiro atoms. The zero-order valence-corrected chi connectivity index (χ0v) is 22.9. The van der Waals surface area contributed by atoms with E-state index < -0.39 is 54.8 Å². The number of hydrogen-bond acceptors (Lipinski definition) is 10. The lowest BCUT2D eigenvalue weighted by Gasteiger charge is -2.27. The Kier molecular flexibility index (Phi) is 6.84. The second kappa shape index (κ2) is 9.75. The maximum absolute atomic E-state index is 14.3. The van der Waals surface area contributed by atoms with Gasteiger partial charge in [0.2, 0.25) is 0 Å². The van der Waals surface area contributed by atoms with E-state index in [-0.39, 0.29) is 35.1 Å². The van der Waals surface area contributed by atoms with Gasteiger partial charge in [-0.05, 0) is 66.0 Å². The Morgan fingerprint density at radius 3 is 2.44 bits per heavy atom. The van der Waals surface area contributed by atoms with Crippen LogP contribution in [-0.4, -0.2) is 62.6 Å². The number of halogens is 1. The van der Waals surface area contributed by atoms with Crippen molar-refractivity contribution in [3.63, 3.8) is 0 Å². The van der Waals surface area contributed by atoms with Gasteiger partial charge in [0.25, 0.3) is 20.1 Å². The van der Waals surface area contributed by atoms with Crippen LogP contribution >= 0.6 is 0 Å². The van der Waals surface area contributed by atoms with Crippen molar-refractivity contribution in [2.75, 3.05) is 38.0 Å². The fourth-order valence-corrected chi connectivity index (χ4v) is 7.13. The molecule has 1 amide bonds. The SMILES string of the molecule is COC(=O)c1c(N(C(=O)OC)S(=O)(=O)c2ccc(F)cc2C2CC2COS(C)(=O)=O)ccc2c1OC[C@@H]1C[C@H]21. The van der Waals surface area contributed by atoms with Crippen molar-refractivity contribution < 1.29 is 49.2 Å². The summed E-state index contributed by atoms with van der Waals surface area (Å²) in [6.45, 7) is 0.119. The number of carbonyl (C=O) groups excluding carboxylic acids is 2. The van der Waals surface area contributed by atoms with E-state index in [0.29, 0.717) is 28.8 Å². The van der Waals surface area contributed by atoms with Crippen LogP contribution in [0.15, 0.2) is 35.2 Å². The van der Waals surface area contributed by atoms with Crippen LogP contribution in [0.3, 0.4) is 0 Å². The molecule has 14 heteroatoms. The number of rotatable bonds is 8. The van der Waals surface area contributed by atoms with Crippen molar-refractivity contribution in [1.82, 2.24) is 0 Å². The quantitative estimate of drug-likeness (QED) is 0.336. The Bertz CT molecular complexity index is 1570. The zero-order chi connectivity index (χ0) is 28.3. The van der Waals surface area contributed by atoms with E-state index in [1.807, 2.05) is 0 Å². The van der Waals surface area contributed by atoms with Gasteiger partial charge in [0.05, 0.1) is 44.3 Å². The van der Waals surface area contributed by atoms with Gasteiger partial charge in [0, 0.05) is 5.92 Å². The smallest absolute Gasteiger partial charge is 0.428 e. The van der Waals surface area contributed by atoms with Gasteiger partial charge in [-0.3, -0.25) is 4.18 Å². The first-order chi connectivity index (χ1) is 18.4. The van der Waals surface area contributed by atoms with Crippen LogP contribution < -0.4 is 9.04 Å². The predicted molar refractivity (Wildman–Crippen MR) is 134 cm³/mol. The third-order valence-corrected chi connectivity index (χ3v) is 9.51. The summed E-state index contributed by atoms with van der Waals surface area (Å²) in [5, 5.41) is 0. The van der Waals surface area contributed by atoms with Crippen LogP contribution in [0.4, 0.5) is 14.9 Å². The number of fused-ring (bicyclic) bond motifs is 3. The normalized spacial score (nSPS) is 23.1. The van der Waals surface area contributed by atoms with E-state index in [1.54, 1.807) is 6.07 Å². The maximum Gasteiger partial charge on any atom is 0.428 e. The molecule has 39 heavy (non-hydrogen) atoms. The summed E-state index contributed by atoms with van der Waals surface area (Å²) in [6, 6.07) is 5.91. The molecule has 1 heterocycles. The summed E-state index contributed by atoms with van der Waals surface area (Å²) in [4.78, 5) is 25.6. The highest BCUT2D eigenvalue weighted by Crippen LogP contribution is 2.56. The summed E-state index contributed by atoms with van der Waals surface area (Å²) >= 11 is 0. The maximum atomic E-state index is 14.3. The second-order valence-electron chi connectivity index (χ2n) is 9.80. The lowest BCUT2D eigenvalue weighted by molar-refractivity contribution is 0.0596. The first-order valence-electron chi connectivity index (χ1n) is 12.0. The van der Waals surface area contributed by atoms with E-state index in [2.05, 4.69) is 0 Å². The Labute approximate surface area is 225 Å². The molecule has 2 aromatic rings. The van der Waals surface area contributed by atoms with Crippen LogP contribution in [0, 0.1) is 17.7 Å². The minimum atomic E-state index is -4.81. The van der Waals surface area contributed by atoms with Gasteiger partial charge in [0.15, 0.2) is 0 Å². The van der Waals surface area contributed by atoms with E-state index >= 15 is 0 Å². The highest BCUT2D eigenvalue weighted by atomic mass is 32.2. The number of methoxy groups -OCH3 is 2. The van der Waals surface area contributed by atoms with Crippen molar-refractivity contribution in [3.8, 4) is 5.75 Å². The highest BCUT2D eigenvalue weighted by molar-refractivity contribution is 7.93. The molecule has 5 rings (SSSR count). The fourth-order valence-electron chi connectivity index (χ4n) is 5.08. The average Bonchev–Trinajstić information content (AvgIpc) is 3.80. The van der Waals surface area contributed by atoms with Gasteiger partial charge in [-0.15, -0.1) is 0 Å². The van der Waals surface area contributed by atoms with Crippen LogP contribution in [-0.2, 0) is 33.8 Å². The van der Waals surface area contributed by atoms with E-state index in [0.717, 1.165) is 45.1 Å². The Morgan fingerprint density at radius 2 is 1.77 bits per heavy atom. The van der Waals surface area contributed by atoms with Crippen molar-refractivity contribution in [3.05, 3.63) is 52.8 Å². The number of anilines is 1. The van der Waals surface area contributed by atoms with Crippen molar-refractivity contribution in [1.29, 1.82) is 0 Å². The van der Waals surface area contributed by atoms with Gasteiger partial charge in [0.1, 0.15) is 17.1 Å². The number of hydrogen-bond donors (Lipinski definition) is 0. The predicted octanol–water partition coefficient (Wildman–Crippen LogP) is 3.15. The molecule has 2 unspecified atom stereocenters. The molecule has 2 fully saturated rings. The standard InChI is InChI=1S/C25H26FNO10S2/c1-34-24(28)22-20(6-5-16-17-8-13(17)11-36-23(16)22)27(25(29)35-2)39(32,33)21-7-4-15(26)10-19(21)18-9-14(18)12-37-38(3,30)31/h4-7,10,13-14,17-18H,8-9,11-12H2,1-3H3/t13-,14?,17-,18?/m0/s1. The summed E-state index contributed by atoms with van der Waals surface area (Å²) in [7, 11) is -6.44. The lowest BCUT2D eigenvalue weighted by Crippen LogP contribution is -2.38. The molecule has 11 nitrogen and oxygen atoms in total. The summed E-state index contributed by atoms with van der Waals surface area (Å²) in [6.07, 6.45) is 0.767. The van der Waals surface area contributed by atoms with Crippen LogP contribution in [0.1, 0.15) is 46.2 Å². The number of nitrogens with zero attached hydrogens (tertiary/aromatic N) is 1. The van der Waals surface area contributed by atoms with Crippen LogP contribution in [0.5, 0.6) is 5.75 Å². The average molecular weight is 584 g/mol. The number of esters is 1. The number of carbonyl (C=O) groups is 2. The largest absolute Gasteiger partial charge is 0.492 e. The fraction of sp³-hybridized carbons (Fsp3) is 0.440. The summed E-state index contributed by atoms with van der Waals surface area (Å²) in [5.74, 6) is -1.99. The molecule has 0 bridgehead atoms. The van der Waals surface area contributed by atoms with Gasteiger partial charge >= 0.3 is 12.1 Å². The monoisotopic (exact) mass is 583 g/mol. The first kappa shape index (κ1) is 27.3. The minimum absolute atomic E-state index is 0.0423. The molecule has 1 aliphatic heterocycles. The molecule has 3 aliphatic rings. The van der Waals surface area contributed by atoms with Crippen molar-refractivity contribution >= 4 is 37.9 Å². The molecule has 0 radical (unpaired) electrons. The molecule has 0 N–H and O–H groups in total. The van der Waals surface area contributed by atoms with Gasteiger partial charge in [-0.1, -0.05) is 6.07 Å². The highest BCUT2D eigenvalue weighted by Gasteiger charge is 2.48. The Morgan fingerprint density at radius 1 is 1.03 bits per heavy atom. The molecule has 4 atom stereocenters. The zero-order valence-electron chi connectivity index (χ0n) is 21.2. The molecule has 0 saturated heterocycles. The van der Waals surface area contributed by atoms with Gasteiger partial charge < -0.3 is 14.2 Å². The Balaban J connectivity index is 1.61. The number of sulfonamides is 1. The van der Waals surface area contributed by atoms with Crippen molar-refractivity contribution in [2.24, 2.45) is 11.8 Å². The molecule has 2 aromatic carbocycles. The van der Waals surface area contributed by atoms with Gasteiger partial charge in [-0.25, -0.2) is 22.4 Å².